The van der Waals surface area contributed by atoms with Crippen molar-refractivity contribution in [2.75, 3.05) is 19.5 Å². The minimum atomic E-state index is -0.454. The predicted octanol–water partition coefficient (Wildman–Crippen LogP) is 0.707. The van der Waals surface area contributed by atoms with Crippen molar-refractivity contribution in [2.45, 2.75) is 10.9 Å². The Hall–Kier alpha value is -0.550. The number of thioether (sulfide) groups is 1. The van der Waals surface area contributed by atoms with E-state index in [1.165, 1.54) is 4.90 Å². The van der Waals surface area contributed by atoms with Crippen LogP contribution in [0.15, 0.2) is 35.2 Å². The molecule has 0 spiro atoms. The third kappa shape index (κ3) is 6.91. The molecule has 1 aromatic carbocycles. The number of hydrogen-bond donors (Lipinski definition) is 3. The highest BCUT2D eigenvalue weighted by Gasteiger charge is 1.91. The minimum Gasteiger partial charge on any atom is -0.395 e. The lowest BCUT2D eigenvalue weighted by Gasteiger charge is -1.98. The largest absolute Gasteiger partial charge is 0.395 e. The summed E-state index contributed by atoms with van der Waals surface area (Å²) in [6, 6.07) is 9.87. The number of aliphatic hydroxyl groups is 2. The Kier molecular flexibility index (Phi) is 8.67. The maximum Gasteiger partial charge on any atom is 0.0605 e. The monoisotopic (exact) mass is 215 g/mol. The fourth-order valence-electron chi connectivity index (χ4n) is 0.614. The average molecular weight is 215 g/mol. The van der Waals surface area contributed by atoms with Gasteiger partial charge in [-0.2, -0.15) is 0 Å². The summed E-state index contributed by atoms with van der Waals surface area (Å²) in [4.78, 5) is 1.33. The molecule has 0 atom stereocenters. The van der Waals surface area contributed by atoms with E-state index in [4.69, 9.17) is 15.9 Å². The molecule has 0 saturated carbocycles. The van der Waals surface area contributed by atoms with Crippen LogP contribution in [0.1, 0.15) is 0 Å². The van der Waals surface area contributed by atoms with E-state index < -0.39 is 6.04 Å². The lowest BCUT2D eigenvalue weighted by atomic mass is 10.4. The second-order valence-electron chi connectivity index (χ2n) is 2.64. The SMILES string of the molecule is CSc1ccccc1.NC(CO)CO. The van der Waals surface area contributed by atoms with Gasteiger partial charge in [-0.25, -0.2) is 0 Å². The molecule has 0 aliphatic rings. The van der Waals surface area contributed by atoms with E-state index in [0.29, 0.717) is 0 Å². The third-order valence-electron chi connectivity index (χ3n) is 1.45. The lowest BCUT2D eigenvalue weighted by Crippen LogP contribution is -2.27. The summed E-state index contributed by atoms with van der Waals surface area (Å²) in [7, 11) is 0. The molecule has 1 aromatic rings. The average Bonchev–Trinajstić information content (AvgIpc) is 2.30. The van der Waals surface area contributed by atoms with Gasteiger partial charge in [0, 0.05) is 4.90 Å². The van der Waals surface area contributed by atoms with Crippen molar-refractivity contribution in [3.8, 4) is 0 Å². The molecular formula is C10H17NO2S. The number of benzene rings is 1. The summed E-state index contributed by atoms with van der Waals surface area (Å²) < 4.78 is 0. The molecule has 0 bridgehead atoms. The van der Waals surface area contributed by atoms with Crippen LogP contribution < -0.4 is 5.73 Å². The summed E-state index contributed by atoms with van der Waals surface area (Å²) >= 11 is 1.77. The zero-order chi connectivity index (χ0) is 10.8. The summed E-state index contributed by atoms with van der Waals surface area (Å²) in [5, 5.41) is 16.1. The first-order valence-corrected chi connectivity index (χ1v) is 5.53. The summed E-state index contributed by atoms with van der Waals surface area (Å²) in [5.74, 6) is 0. The molecule has 3 nitrogen and oxygen atoms in total. The van der Waals surface area contributed by atoms with Crippen molar-refractivity contribution in [2.24, 2.45) is 5.73 Å². The second kappa shape index (κ2) is 9.02. The number of hydrogen-bond acceptors (Lipinski definition) is 4. The van der Waals surface area contributed by atoms with Gasteiger partial charge in [0.2, 0.25) is 0 Å². The molecule has 80 valence electrons. The van der Waals surface area contributed by atoms with Gasteiger partial charge in [-0.05, 0) is 18.4 Å². The van der Waals surface area contributed by atoms with Gasteiger partial charge in [0.1, 0.15) is 0 Å². The highest BCUT2D eigenvalue weighted by molar-refractivity contribution is 7.98. The van der Waals surface area contributed by atoms with Crippen LogP contribution in [-0.4, -0.2) is 35.7 Å². The first-order chi connectivity index (χ1) is 6.74. The van der Waals surface area contributed by atoms with Gasteiger partial charge in [-0.15, -0.1) is 11.8 Å². The predicted molar refractivity (Wildman–Crippen MR) is 60.4 cm³/mol. The van der Waals surface area contributed by atoms with Gasteiger partial charge in [0.25, 0.3) is 0 Å². The van der Waals surface area contributed by atoms with E-state index in [1.54, 1.807) is 11.8 Å². The molecule has 0 heterocycles. The molecule has 0 aliphatic carbocycles. The van der Waals surface area contributed by atoms with Crippen LogP contribution in [0.25, 0.3) is 0 Å². The van der Waals surface area contributed by atoms with Gasteiger partial charge in [-0.3, -0.25) is 0 Å². The Morgan fingerprint density at radius 3 is 1.93 bits per heavy atom. The number of nitrogens with two attached hydrogens (primary N) is 1. The van der Waals surface area contributed by atoms with Crippen LogP contribution in [0.2, 0.25) is 0 Å². The molecule has 0 unspecified atom stereocenters. The highest BCUT2D eigenvalue weighted by Crippen LogP contribution is 2.11. The van der Waals surface area contributed by atoms with Crippen LogP contribution in [0.5, 0.6) is 0 Å². The molecule has 0 saturated heterocycles. The fraction of sp³-hybridized carbons (Fsp3) is 0.400. The van der Waals surface area contributed by atoms with E-state index in [-0.39, 0.29) is 13.2 Å². The molecule has 4 N–H and O–H groups in total. The van der Waals surface area contributed by atoms with Gasteiger partial charge < -0.3 is 15.9 Å². The van der Waals surface area contributed by atoms with Crippen molar-refractivity contribution < 1.29 is 10.2 Å². The van der Waals surface area contributed by atoms with Crippen molar-refractivity contribution >= 4 is 11.8 Å². The fourth-order valence-corrected chi connectivity index (χ4v) is 1.04. The Morgan fingerprint density at radius 2 is 1.71 bits per heavy atom. The van der Waals surface area contributed by atoms with E-state index in [2.05, 4.69) is 18.4 Å². The first kappa shape index (κ1) is 13.4. The minimum absolute atomic E-state index is 0.142. The topological polar surface area (TPSA) is 66.5 Å². The van der Waals surface area contributed by atoms with Crippen LogP contribution in [0, 0.1) is 0 Å². The molecule has 0 aliphatic heterocycles. The zero-order valence-corrected chi connectivity index (χ0v) is 9.07. The van der Waals surface area contributed by atoms with Crippen LogP contribution in [-0.2, 0) is 0 Å². The van der Waals surface area contributed by atoms with E-state index in [1.807, 2.05) is 18.2 Å². The Morgan fingerprint density at radius 1 is 1.21 bits per heavy atom. The Bertz CT molecular complexity index is 215. The Balaban J connectivity index is 0.000000255. The summed E-state index contributed by atoms with van der Waals surface area (Å²) in [6.45, 7) is -0.285. The van der Waals surface area contributed by atoms with Crippen LogP contribution in [0.4, 0.5) is 0 Å². The molecule has 4 heteroatoms. The van der Waals surface area contributed by atoms with Gasteiger partial charge in [0.15, 0.2) is 0 Å². The molecule has 14 heavy (non-hydrogen) atoms. The van der Waals surface area contributed by atoms with E-state index >= 15 is 0 Å². The maximum atomic E-state index is 8.05. The van der Waals surface area contributed by atoms with Crippen molar-refractivity contribution in [1.29, 1.82) is 0 Å². The van der Waals surface area contributed by atoms with E-state index in [9.17, 15) is 0 Å². The quantitative estimate of drug-likeness (QED) is 0.650. The standard InChI is InChI=1S/C7H8S.C3H9NO2/c1-8-7-5-3-2-4-6-7;4-3(1-5)2-6/h2-6H,1H3;3,5-6H,1-2,4H2. The first-order valence-electron chi connectivity index (χ1n) is 4.31. The van der Waals surface area contributed by atoms with E-state index in [0.717, 1.165) is 0 Å². The lowest BCUT2D eigenvalue weighted by molar-refractivity contribution is 0.194. The zero-order valence-electron chi connectivity index (χ0n) is 8.26. The number of aliphatic hydroxyl groups excluding tert-OH is 2. The normalized spacial score (nSPS) is 9.50. The summed E-state index contributed by atoms with van der Waals surface area (Å²) in [6.07, 6.45) is 2.08. The van der Waals surface area contributed by atoms with Crippen LogP contribution in [0.3, 0.4) is 0 Å². The maximum absolute atomic E-state index is 8.05. The smallest absolute Gasteiger partial charge is 0.0605 e. The molecule has 1 rings (SSSR count). The van der Waals surface area contributed by atoms with Crippen molar-refractivity contribution in [3.63, 3.8) is 0 Å². The van der Waals surface area contributed by atoms with Crippen molar-refractivity contribution in [3.05, 3.63) is 30.3 Å². The van der Waals surface area contributed by atoms with Crippen LogP contribution >= 0.6 is 11.8 Å². The highest BCUT2D eigenvalue weighted by atomic mass is 32.2. The third-order valence-corrected chi connectivity index (χ3v) is 2.19. The second-order valence-corrected chi connectivity index (χ2v) is 3.52. The molecule has 0 radical (unpaired) electrons. The van der Waals surface area contributed by atoms with Gasteiger partial charge >= 0.3 is 0 Å². The van der Waals surface area contributed by atoms with Gasteiger partial charge in [0.05, 0.1) is 19.3 Å². The molecule has 0 fully saturated rings. The molecule has 0 amide bonds. The molecule has 0 aromatic heterocycles. The molecular weight excluding hydrogens is 198 g/mol. The van der Waals surface area contributed by atoms with Crippen molar-refractivity contribution in [1.82, 2.24) is 0 Å². The Labute approximate surface area is 88.9 Å². The number of rotatable bonds is 3. The van der Waals surface area contributed by atoms with Gasteiger partial charge in [-0.1, -0.05) is 18.2 Å². The summed E-state index contributed by atoms with van der Waals surface area (Å²) in [5.41, 5.74) is 4.97.